The molecule has 168 valence electrons. The van der Waals surface area contributed by atoms with Crippen LogP contribution in [0.4, 0.5) is 16.3 Å². The van der Waals surface area contributed by atoms with Gasteiger partial charge >= 0.3 is 12.1 Å². The SMILES string of the molecule is COC(=O)c1cc(Cl)cc2c(NC(C)c3cccc(NC(=O)OC(C)(C)C)c3)ncnc12. The van der Waals surface area contributed by atoms with E-state index in [2.05, 4.69) is 20.6 Å². The molecule has 0 saturated carbocycles. The maximum absolute atomic E-state index is 12.1. The van der Waals surface area contributed by atoms with Gasteiger partial charge in [-0.3, -0.25) is 5.32 Å². The first-order valence-electron chi connectivity index (χ1n) is 9.96. The van der Waals surface area contributed by atoms with Crippen molar-refractivity contribution in [2.24, 2.45) is 0 Å². The molecule has 32 heavy (non-hydrogen) atoms. The first kappa shape index (κ1) is 23.3. The Balaban J connectivity index is 1.86. The van der Waals surface area contributed by atoms with Crippen LogP contribution in [0, 0.1) is 0 Å². The first-order chi connectivity index (χ1) is 15.1. The number of anilines is 2. The zero-order chi connectivity index (χ0) is 23.5. The summed E-state index contributed by atoms with van der Waals surface area (Å²) in [7, 11) is 1.30. The molecule has 1 aromatic heterocycles. The van der Waals surface area contributed by atoms with Crippen LogP contribution in [0.5, 0.6) is 0 Å². The van der Waals surface area contributed by atoms with Crippen molar-refractivity contribution in [3.8, 4) is 0 Å². The second kappa shape index (κ2) is 9.40. The number of carbonyl (C=O) groups excluding carboxylic acids is 2. The highest BCUT2D eigenvalue weighted by Gasteiger charge is 2.18. The van der Waals surface area contributed by atoms with Crippen LogP contribution in [0.15, 0.2) is 42.7 Å². The lowest BCUT2D eigenvalue weighted by Gasteiger charge is -2.20. The van der Waals surface area contributed by atoms with Gasteiger partial charge in [0.05, 0.1) is 24.2 Å². The van der Waals surface area contributed by atoms with E-state index in [4.69, 9.17) is 21.1 Å². The summed E-state index contributed by atoms with van der Waals surface area (Å²) in [5, 5.41) is 7.02. The molecule has 1 unspecified atom stereocenters. The van der Waals surface area contributed by atoms with Crippen molar-refractivity contribution in [3.63, 3.8) is 0 Å². The summed E-state index contributed by atoms with van der Waals surface area (Å²) in [5.41, 5.74) is 1.62. The summed E-state index contributed by atoms with van der Waals surface area (Å²) in [6, 6.07) is 10.4. The van der Waals surface area contributed by atoms with Crippen LogP contribution in [-0.4, -0.2) is 34.7 Å². The number of nitrogens with one attached hydrogen (secondary N) is 2. The minimum atomic E-state index is -0.588. The Labute approximate surface area is 191 Å². The lowest BCUT2D eigenvalue weighted by molar-refractivity contribution is 0.0600. The summed E-state index contributed by atoms with van der Waals surface area (Å²) in [6.45, 7) is 7.36. The minimum absolute atomic E-state index is 0.186. The van der Waals surface area contributed by atoms with Gasteiger partial charge in [-0.25, -0.2) is 19.6 Å². The highest BCUT2D eigenvalue weighted by molar-refractivity contribution is 6.32. The van der Waals surface area contributed by atoms with E-state index in [1.807, 2.05) is 25.1 Å². The molecule has 0 saturated heterocycles. The number of hydrogen-bond acceptors (Lipinski definition) is 7. The van der Waals surface area contributed by atoms with Crippen molar-refractivity contribution in [1.29, 1.82) is 0 Å². The lowest BCUT2D eigenvalue weighted by Crippen LogP contribution is -2.27. The Morgan fingerprint density at radius 3 is 2.56 bits per heavy atom. The maximum atomic E-state index is 12.1. The molecular formula is C23H25ClN4O4. The summed E-state index contributed by atoms with van der Waals surface area (Å²) in [6.07, 6.45) is 0.847. The number of benzene rings is 2. The predicted molar refractivity (Wildman–Crippen MR) is 124 cm³/mol. The Morgan fingerprint density at radius 1 is 1.12 bits per heavy atom. The second-order valence-electron chi connectivity index (χ2n) is 8.18. The van der Waals surface area contributed by atoms with Crippen LogP contribution in [0.1, 0.15) is 49.7 Å². The molecular weight excluding hydrogens is 432 g/mol. The van der Waals surface area contributed by atoms with Gasteiger partial charge in [-0.15, -0.1) is 0 Å². The fourth-order valence-electron chi connectivity index (χ4n) is 3.11. The van der Waals surface area contributed by atoms with Crippen molar-refractivity contribution < 1.29 is 19.1 Å². The molecule has 2 aromatic carbocycles. The molecule has 2 N–H and O–H groups in total. The predicted octanol–water partition coefficient (Wildman–Crippen LogP) is 5.59. The van der Waals surface area contributed by atoms with E-state index >= 15 is 0 Å². The number of fused-ring (bicyclic) bond motifs is 1. The van der Waals surface area contributed by atoms with Crippen LogP contribution < -0.4 is 10.6 Å². The van der Waals surface area contributed by atoms with Crippen molar-refractivity contribution in [1.82, 2.24) is 9.97 Å². The molecule has 0 spiro atoms. The molecule has 3 aromatic rings. The number of amides is 1. The zero-order valence-corrected chi connectivity index (χ0v) is 19.3. The fraction of sp³-hybridized carbons (Fsp3) is 0.304. The van der Waals surface area contributed by atoms with Crippen molar-refractivity contribution in [2.75, 3.05) is 17.7 Å². The summed E-state index contributed by atoms with van der Waals surface area (Å²) in [5.74, 6) is -0.0169. The topological polar surface area (TPSA) is 102 Å². The number of rotatable bonds is 5. The number of methoxy groups -OCH3 is 1. The third kappa shape index (κ3) is 5.64. The summed E-state index contributed by atoms with van der Waals surface area (Å²) in [4.78, 5) is 32.8. The summed E-state index contributed by atoms with van der Waals surface area (Å²) < 4.78 is 10.1. The van der Waals surface area contributed by atoms with Crippen molar-refractivity contribution in [3.05, 3.63) is 58.9 Å². The zero-order valence-electron chi connectivity index (χ0n) is 18.5. The van der Waals surface area contributed by atoms with E-state index in [0.29, 0.717) is 27.4 Å². The summed E-state index contributed by atoms with van der Waals surface area (Å²) >= 11 is 6.22. The molecule has 0 aliphatic carbocycles. The standard InChI is InChI=1S/C23H25ClN4O4/c1-13(14-7-6-8-16(9-14)28-22(30)32-23(2,3)4)27-20-17-10-15(24)11-18(21(29)31-5)19(17)25-12-26-20/h6-13H,1-5H3,(H,28,30)(H,25,26,27). The Bertz CT molecular complexity index is 1160. The van der Waals surface area contributed by atoms with E-state index in [-0.39, 0.29) is 11.6 Å². The van der Waals surface area contributed by atoms with Gasteiger partial charge in [-0.1, -0.05) is 23.7 Å². The van der Waals surface area contributed by atoms with Gasteiger partial charge in [0, 0.05) is 16.1 Å². The molecule has 3 rings (SSSR count). The normalized spacial score (nSPS) is 12.2. The second-order valence-corrected chi connectivity index (χ2v) is 8.62. The molecule has 0 aliphatic rings. The van der Waals surface area contributed by atoms with Crippen LogP contribution >= 0.6 is 11.6 Å². The highest BCUT2D eigenvalue weighted by Crippen LogP contribution is 2.30. The van der Waals surface area contributed by atoms with E-state index in [1.165, 1.54) is 19.5 Å². The molecule has 9 heteroatoms. The third-order valence-electron chi connectivity index (χ3n) is 4.49. The Morgan fingerprint density at radius 2 is 1.88 bits per heavy atom. The molecule has 1 amide bonds. The smallest absolute Gasteiger partial charge is 0.412 e. The maximum Gasteiger partial charge on any atom is 0.412 e. The van der Waals surface area contributed by atoms with E-state index < -0.39 is 17.7 Å². The lowest BCUT2D eigenvalue weighted by atomic mass is 10.1. The van der Waals surface area contributed by atoms with Crippen molar-refractivity contribution in [2.45, 2.75) is 39.3 Å². The number of carbonyl (C=O) groups is 2. The number of hydrogen-bond donors (Lipinski definition) is 2. The number of aromatic nitrogens is 2. The average molecular weight is 457 g/mol. The van der Waals surface area contributed by atoms with Crippen molar-refractivity contribution >= 4 is 46.1 Å². The molecule has 0 fully saturated rings. The van der Waals surface area contributed by atoms with Gasteiger partial charge in [0.25, 0.3) is 0 Å². The monoisotopic (exact) mass is 456 g/mol. The largest absolute Gasteiger partial charge is 0.465 e. The van der Waals surface area contributed by atoms with Gasteiger partial charge in [-0.2, -0.15) is 0 Å². The number of halogens is 1. The molecule has 0 radical (unpaired) electrons. The van der Waals surface area contributed by atoms with Gasteiger partial charge in [0.15, 0.2) is 0 Å². The van der Waals surface area contributed by atoms with E-state index in [0.717, 1.165) is 5.56 Å². The number of ether oxygens (including phenoxy) is 2. The third-order valence-corrected chi connectivity index (χ3v) is 4.71. The van der Waals surface area contributed by atoms with E-state index in [9.17, 15) is 9.59 Å². The molecule has 0 bridgehead atoms. The van der Waals surface area contributed by atoms with Crippen LogP contribution in [0.2, 0.25) is 5.02 Å². The first-order valence-corrected chi connectivity index (χ1v) is 10.3. The number of esters is 1. The molecule has 1 heterocycles. The Hall–Kier alpha value is -3.39. The van der Waals surface area contributed by atoms with Gasteiger partial charge in [-0.05, 0) is 57.5 Å². The number of nitrogens with zero attached hydrogens (tertiary/aromatic N) is 2. The van der Waals surface area contributed by atoms with Crippen LogP contribution in [0.25, 0.3) is 10.9 Å². The fourth-order valence-corrected chi connectivity index (χ4v) is 3.33. The van der Waals surface area contributed by atoms with Crippen LogP contribution in [0.3, 0.4) is 0 Å². The molecule has 0 aliphatic heterocycles. The van der Waals surface area contributed by atoms with Gasteiger partial charge < -0.3 is 14.8 Å². The molecule has 1 atom stereocenters. The minimum Gasteiger partial charge on any atom is -0.465 e. The van der Waals surface area contributed by atoms with E-state index in [1.54, 1.807) is 32.9 Å². The van der Waals surface area contributed by atoms with Gasteiger partial charge in [0.1, 0.15) is 17.7 Å². The van der Waals surface area contributed by atoms with Crippen LogP contribution in [-0.2, 0) is 9.47 Å². The average Bonchev–Trinajstić information content (AvgIpc) is 2.71. The highest BCUT2D eigenvalue weighted by atomic mass is 35.5. The quantitative estimate of drug-likeness (QED) is 0.482. The van der Waals surface area contributed by atoms with Gasteiger partial charge in [0.2, 0.25) is 0 Å². The molecule has 8 nitrogen and oxygen atoms in total. The Kier molecular flexibility index (Phi) is 6.84.